The molecule has 0 aliphatic carbocycles. The maximum Gasteiger partial charge on any atom is 0.410 e. The summed E-state index contributed by atoms with van der Waals surface area (Å²) < 4.78 is 5.27. The zero-order valence-electron chi connectivity index (χ0n) is 10.8. The van der Waals surface area contributed by atoms with Crippen molar-refractivity contribution in [3.63, 3.8) is 0 Å². The van der Waals surface area contributed by atoms with Crippen LogP contribution < -0.4 is 5.32 Å². The minimum absolute atomic E-state index is 0.243. The first kappa shape index (κ1) is 12.6. The van der Waals surface area contributed by atoms with Crippen LogP contribution in [0.3, 0.4) is 0 Å². The molecule has 0 aromatic heterocycles. The molecule has 2 fully saturated rings. The first-order valence-corrected chi connectivity index (χ1v) is 6.18. The quantitative estimate of drug-likeness (QED) is 0.743. The SMILES string of the molecule is CC(C)(C)OC(=O)N1CC(CC2(O)CNC2)C1. The first-order valence-electron chi connectivity index (χ1n) is 6.18. The summed E-state index contributed by atoms with van der Waals surface area (Å²) in [5.74, 6) is 0.412. The summed E-state index contributed by atoms with van der Waals surface area (Å²) in [5, 5.41) is 13.0. The van der Waals surface area contributed by atoms with Crippen molar-refractivity contribution in [1.82, 2.24) is 10.2 Å². The Balaban J connectivity index is 1.70. The van der Waals surface area contributed by atoms with Crippen LogP contribution in [0, 0.1) is 5.92 Å². The normalized spacial score (nSPS) is 23.9. The van der Waals surface area contributed by atoms with Gasteiger partial charge in [0.25, 0.3) is 0 Å². The second-order valence-electron chi connectivity index (χ2n) is 6.28. The van der Waals surface area contributed by atoms with E-state index in [1.807, 2.05) is 20.8 Å². The number of nitrogens with zero attached hydrogens (tertiary/aromatic N) is 1. The van der Waals surface area contributed by atoms with Crippen molar-refractivity contribution in [3.05, 3.63) is 0 Å². The van der Waals surface area contributed by atoms with Crippen LogP contribution in [0.2, 0.25) is 0 Å². The van der Waals surface area contributed by atoms with Crippen LogP contribution in [0.4, 0.5) is 4.79 Å². The molecule has 0 radical (unpaired) electrons. The third-order valence-corrected chi connectivity index (χ3v) is 3.19. The molecule has 2 heterocycles. The fourth-order valence-electron chi connectivity index (χ4n) is 2.27. The molecule has 1 amide bonds. The molecule has 17 heavy (non-hydrogen) atoms. The molecule has 2 aliphatic heterocycles. The fourth-order valence-corrected chi connectivity index (χ4v) is 2.27. The average molecular weight is 242 g/mol. The van der Waals surface area contributed by atoms with Crippen LogP contribution in [0.25, 0.3) is 0 Å². The molecular formula is C12H22N2O3. The topological polar surface area (TPSA) is 61.8 Å². The van der Waals surface area contributed by atoms with Crippen molar-refractivity contribution in [2.45, 2.75) is 38.4 Å². The molecule has 0 atom stereocenters. The number of hydrogen-bond acceptors (Lipinski definition) is 4. The van der Waals surface area contributed by atoms with E-state index in [2.05, 4.69) is 5.32 Å². The van der Waals surface area contributed by atoms with Crippen molar-refractivity contribution in [2.75, 3.05) is 26.2 Å². The van der Waals surface area contributed by atoms with Crippen molar-refractivity contribution >= 4 is 6.09 Å². The second kappa shape index (κ2) is 4.14. The maximum absolute atomic E-state index is 11.7. The fraction of sp³-hybridized carbons (Fsp3) is 0.917. The minimum Gasteiger partial charge on any atom is -0.444 e. The number of ether oxygens (including phenoxy) is 1. The molecule has 0 bridgehead atoms. The third-order valence-electron chi connectivity index (χ3n) is 3.19. The number of carbonyl (C=O) groups is 1. The molecule has 0 unspecified atom stereocenters. The Bertz CT molecular complexity index is 301. The summed E-state index contributed by atoms with van der Waals surface area (Å²) in [6, 6.07) is 0. The zero-order chi connectivity index (χ0) is 12.7. The Kier molecular flexibility index (Phi) is 3.08. The summed E-state index contributed by atoms with van der Waals surface area (Å²) in [6.07, 6.45) is 0.534. The van der Waals surface area contributed by atoms with Crippen molar-refractivity contribution < 1.29 is 14.6 Å². The average Bonchev–Trinajstić information content (AvgIpc) is 2.04. The van der Waals surface area contributed by atoms with Gasteiger partial charge in [-0.15, -0.1) is 0 Å². The molecule has 0 spiro atoms. The number of carbonyl (C=O) groups excluding carboxylic acids is 1. The third kappa shape index (κ3) is 3.10. The number of nitrogens with one attached hydrogen (secondary N) is 1. The van der Waals surface area contributed by atoms with Crippen molar-refractivity contribution in [2.24, 2.45) is 5.92 Å². The van der Waals surface area contributed by atoms with E-state index in [0.29, 0.717) is 32.1 Å². The molecule has 0 aromatic carbocycles. The van der Waals surface area contributed by atoms with Crippen LogP contribution in [-0.2, 0) is 4.74 Å². The molecule has 2 saturated heterocycles. The van der Waals surface area contributed by atoms with Gasteiger partial charge < -0.3 is 20.1 Å². The van der Waals surface area contributed by atoms with Crippen molar-refractivity contribution in [3.8, 4) is 0 Å². The zero-order valence-corrected chi connectivity index (χ0v) is 10.8. The van der Waals surface area contributed by atoms with E-state index in [0.717, 1.165) is 6.42 Å². The van der Waals surface area contributed by atoms with E-state index >= 15 is 0 Å². The molecule has 2 N–H and O–H groups in total. The lowest BCUT2D eigenvalue weighted by Gasteiger charge is -2.46. The van der Waals surface area contributed by atoms with Gasteiger partial charge in [-0.2, -0.15) is 0 Å². The Labute approximate surface area is 102 Å². The molecule has 5 nitrogen and oxygen atoms in total. The lowest BCUT2D eigenvalue weighted by Crippen LogP contribution is -2.63. The maximum atomic E-state index is 11.7. The van der Waals surface area contributed by atoms with E-state index in [1.165, 1.54) is 0 Å². The molecule has 0 saturated carbocycles. The summed E-state index contributed by atoms with van der Waals surface area (Å²) in [4.78, 5) is 13.4. The van der Waals surface area contributed by atoms with Gasteiger partial charge in [0.15, 0.2) is 0 Å². The smallest absolute Gasteiger partial charge is 0.410 e. The molecule has 98 valence electrons. The highest BCUT2D eigenvalue weighted by Gasteiger charge is 2.42. The van der Waals surface area contributed by atoms with Gasteiger partial charge in [-0.25, -0.2) is 4.79 Å². The molecule has 5 heteroatoms. The number of aliphatic hydroxyl groups is 1. The molecule has 2 aliphatic rings. The predicted octanol–water partition coefficient (Wildman–Crippen LogP) is 0.578. The second-order valence-corrected chi connectivity index (χ2v) is 6.28. The largest absolute Gasteiger partial charge is 0.444 e. The van der Waals surface area contributed by atoms with Gasteiger partial charge in [0.1, 0.15) is 5.60 Å². The highest BCUT2D eigenvalue weighted by atomic mass is 16.6. The highest BCUT2D eigenvalue weighted by molar-refractivity contribution is 5.69. The van der Waals surface area contributed by atoms with E-state index in [4.69, 9.17) is 4.74 Å². The summed E-state index contributed by atoms with van der Waals surface area (Å²) in [5.41, 5.74) is -0.969. The minimum atomic E-state index is -0.537. The highest BCUT2D eigenvalue weighted by Crippen LogP contribution is 2.28. The first-order chi connectivity index (χ1) is 7.77. The molecular weight excluding hydrogens is 220 g/mol. The molecule has 0 aromatic rings. The van der Waals surface area contributed by atoms with Crippen LogP contribution in [-0.4, -0.2) is 53.5 Å². The van der Waals surface area contributed by atoms with E-state index < -0.39 is 11.2 Å². The number of hydrogen-bond donors (Lipinski definition) is 2. The number of amides is 1. The predicted molar refractivity (Wildman–Crippen MR) is 63.7 cm³/mol. The number of rotatable bonds is 2. The summed E-state index contributed by atoms with van der Waals surface area (Å²) in [7, 11) is 0. The van der Waals surface area contributed by atoms with Crippen LogP contribution in [0.1, 0.15) is 27.2 Å². The lowest BCUT2D eigenvalue weighted by molar-refractivity contribution is -0.0590. The standard InChI is InChI=1S/C12H22N2O3/c1-11(2,3)17-10(15)14-5-9(6-14)4-12(16)7-13-8-12/h9,13,16H,4-8H2,1-3H3. The van der Waals surface area contributed by atoms with E-state index in [1.54, 1.807) is 4.90 Å². The van der Waals surface area contributed by atoms with E-state index in [-0.39, 0.29) is 6.09 Å². The summed E-state index contributed by atoms with van der Waals surface area (Å²) in [6.45, 7) is 8.36. The molecule has 2 rings (SSSR count). The van der Waals surface area contributed by atoms with Gasteiger partial charge in [-0.05, 0) is 33.1 Å². The van der Waals surface area contributed by atoms with Crippen LogP contribution in [0.15, 0.2) is 0 Å². The number of likely N-dealkylation sites (tertiary alicyclic amines) is 1. The van der Waals surface area contributed by atoms with Gasteiger partial charge in [0, 0.05) is 26.2 Å². The Morgan fingerprint density at radius 1 is 1.47 bits per heavy atom. The Morgan fingerprint density at radius 3 is 2.47 bits per heavy atom. The monoisotopic (exact) mass is 242 g/mol. The Morgan fingerprint density at radius 2 is 2.06 bits per heavy atom. The van der Waals surface area contributed by atoms with Crippen LogP contribution >= 0.6 is 0 Å². The van der Waals surface area contributed by atoms with E-state index in [9.17, 15) is 9.90 Å². The van der Waals surface area contributed by atoms with Crippen molar-refractivity contribution in [1.29, 1.82) is 0 Å². The van der Waals surface area contributed by atoms with Gasteiger partial charge in [-0.1, -0.05) is 0 Å². The van der Waals surface area contributed by atoms with Gasteiger partial charge >= 0.3 is 6.09 Å². The Hall–Kier alpha value is -0.810. The lowest BCUT2D eigenvalue weighted by atomic mass is 9.82. The van der Waals surface area contributed by atoms with Gasteiger partial charge in [0.2, 0.25) is 0 Å². The number of β-amino-alcohol motifs (C(OH)–C–C–N with tert-alkyl or cyclic N) is 1. The van der Waals surface area contributed by atoms with Gasteiger partial charge in [0.05, 0.1) is 5.60 Å². The summed E-state index contributed by atoms with van der Waals surface area (Å²) >= 11 is 0. The van der Waals surface area contributed by atoms with Gasteiger partial charge in [-0.3, -0.25) is 0 Å². The van der Waals surface area contributed by atoms with Crippen LogP contribution in [0.5, 0.6) is 0 Å².